The van der Waals surface area contributed by atoms with Gasteiger partial charge in [0, 0.05) is 48.1 Å². The van der Waals surface area contributed by atoms with Crippen LogP contribution in [0.2, 0.25) is 5.02 Å². The first-order chi connectivity index (χ1) is 24.0. The van der Waals surface area contributed by atoms with E-state index in [2.05, 4.69) is 33.9 Å². The molecule has 0 spiro atoms. The molecule has 0 radical (unpaired) electrons. The van der Waals surface area contributed by atoms with Crippen LogP contribution in [0.3, 0.4) is 0 Å². The summed E-state index contributed by atoms with van der Waals surface area (Å²) in [6.45, 7) is 5.72. The summed E-state index contributed by atoms with van der Waals surface area (Å²) in [7, 11) is 3.62. The van der Waals surface area contributed by atoms with E-state index in [1.54, 1.807) is 30.7 Å². The third-order valence-electron chi connectivity index (χ3n) is 9.81. The average molecular weight is 725 g/mol. The molecule has 1 N–H and O–H groups in total. The number of fused-ring (bicyclic) bond motifs is 2. The number of nitriles is 1. The van der Waals surface area contributed by atoms with E-state index in [1.165, 1.54) is 45.4 Å². The van der Waals surface area contributed by atoms with Gasteiger partial charge in [0.05, 0.1) is 34.8 Å². The molecule has 50 heavy (non-hydrogen) atoms. The van der Waals surface area contributed by atoms with Crippen molar-refractivity contribution in [3.63, 3.8) is 0 Å². The number of anilines is 1. The minimum absolute atomic E-state index is 0.0384. The Morgan fingerprint density at radius 1 is 1.18 bits per heavy atom. The average Bonchev–Trinajstić information content (AvgIpc) is 3.50. The van der Waals surface area contributed by atoms with Gasteiger partial charge in [-0.25, -0.2) is 4.98 Å². The minimum atomic E-state index is -4.66. The Balaban J connectivity index is 0.000000177. The van der Waals surface area contributed by atoms with Crippen LogP contribution in [0.25, 0.3) is 16.5 Å². The number of thioether (sulfide) groups is 1. The van der Waals surface area contributed by atoms with Crippen molar-refractivity contribution in [1.82, 2.24) is 19.8 Å². The van der Waals surface area contributed by atoms with E-state index in [-0.39, 0.29) is 28.2 Å². The number of aryl methyl sites for hydroxylation is 1. The summed E-state index contributed by atoms with van der Waals surface area (Å²) >= 11 is 8.04. The van der Waals surface area contributed by atoms with E-state index in [0.29, 0.717) is 50.9 Å². The molecular formula is C37H40ClF3N6O2S. The predicted octanol–water partition coefficient (Wildman–Crippen LogP) is 7.80. The lowest BCUT2D eigenvalue weighted by atomic mass is 9.77. The number of allylic oxidation sites excluding steroid dienone is 2. The Morgan fingerprint density at radius 2 is 1.92 bits per heavy atom. The van der Waals surface area contributed by atoms with Gasteiger partial charge in [0.2, 0.25) is 0 Å². The van der Waals surface area contributed by atoms with E-state index in [1.807, 2.05) is 37.2 Å². The topological polar surface area (TPSA) is 86.4 Å². The Labute approximate surface area is 299 Å². The second-order valence-corrected chi connectivity index (χ2v) is 14.3. The third-order valence-corrected chi connectivity index (χ3v) is 11.1. The first kappa shape index (κ1) is 35.9. The van der Waals surface area contributed by atoms with Gasteiger partial charge in [-0.05, 0) is 86.3 Å². The lowest BCUT2D eigenvalue weighted by Crippen LogP contribution is -2.45. The van der Waals surface area contributed by atoms with Crippen molar-refractivity contribution < 1.29 is 17.9 Å². The number of piperazine rings is 1. The molecule has 0 amide bonds. The van der Waals surface area contributed by atoms with Crippen LogP contribution in [-0.4, -0.2) is 60.8 Å². The van der Waals surface area contributed by atoms with Crippen LogP contribution >= 0.6 is 23.4 Å². The Bertz CT molecular complexity index is 1990. The maximum absolute atomic E-state index is 13.9. The lowest BCUT2D eigenvalue weighted by molar-refractivity contribution is -0.137. The standard InChI is InChI=1S/C19H22F3N5O.C18H18ClNOS/c1-4-5-27-12(2)24-15-10-14(19(20,21)22)17(13(11-23)16(15)18(27)28)26-8-6-25(3)7-9-26;1-21-16-10-22-18-14(7-8-20-17(16)18)15-9-12(19)5-6-13(15)11-3-2-4-11/h10H,4-9H2,1-3H3;5-11,17,20H,2-4H2,1H3. The molecule has 1 saturated heterocycles. The number of aromatic nitrogens is 2. The largest absolute Gasteiger partial charge is 0.498 e. The highest BCUT2D eigenvalue weighted by molar-refractivity contribution is 8.06. The highest BCUT2D eigenvalue weighted by atomic mass is 35.5. The van der Waals surface area contributed by atoms with Crippen molar-refractivity contribution in [1.29, 1.82) is 5.26 Å². The number of hydrogen-bond acceptors (Lipinski definition) is 8. The van der Waals surface area contributed by atoms with E-state index in [0.717, 1.165) is 16.8 Å². The number of hydrogen-bond donors (Lipinski definition) is 1. The van der Waals surface area contributed by atoms with Gasteiger partial charge < -0.3 is 19.9 Å². The zero-order valence-corrected chi connectivity index (χ0v) is 30.1. The number of nitrogens with zero attached hydrogens (tertiary/aromatic N) is 5. The minimum Gasteiger partial charge on any atom is -0.498 e. The zero-order valence-electron chi connectivity index (χ0n) is 28.5. The number of rotatable bonds is 6. The second kappa shape index (κ2) is 14.7. The maximum Gasteiger partial charge on any atom is 0.418 e. The smallest absolute Gasteiger partial charge is 0.418 e. The lowest BCUT2D eigenvalue weighted by Gasteiger charge is -2.36. The van der Waals surface area contributed by atoms with E-state index in [4.69, 9.17) is 16.3 Å². The molecule has 264 valence electrons. The van der Waals surface area contributed by atoms with Gasteiger partial charge in [0.15, 0.2) is 0 Å². The van der Waals surface area contributed by atoms with Crippen molar-refractivity contribution in [2.24, 2.45) is 0 Å². The fourth-order valence-corrected chi connectivity index (χ4v) is 8.22. The van der Waals surface area contributed by atoms with Crippen molar-refractivity contribution in [2.45, 2.75) is 64.2 Å². The van der Waals surface area contributed by atoms with Gasteiger partial charge in [-0.2, -0.15) is 18.4 Å². The van der Waals surface area contributed by atoms with E-state index < -0.39 is 17.3 Å². The molecule has 3 aromatic rings. The molecule has 1 unspecified atom stereocenters. The zero-order chi connectivity index (χ0) is 35.7. The number of nitrogens with one attached hydrogen (secondary N) is 1. The molecule has 8 nitrogen and oxygen atoms in total. The van der Waals surface area contributed by atoms with Gasteiger partial charge in [0.25, 0.3) is 5.56 Å². The van der Waals surface area contributed by atoms with Crippen LogP contribution in [0.4, 0.5) is 18.9 Å². The van der Waals surface area contributed by atoms with Crippen molar-refractivity contribution in [2.75, 3.05) is 45.2 Å². The molecule has 3 aliphatic heterocycles. The van der Waals surface area contributed by atoms with Crippen LogP contribution in [-0.2, 0) is 17.5 Å². The number of likely N-dealkylation sites (N-methyl/N-ethyl adjacent to an activating group) is 1. The predicted molar refractivity (Wildman–Crippen MR) is 194 cm³/mol. The molecule has 1 aliphatic carbocycles. The molecule has 2 aromatic carbocycles. The molecule has 4 aliphatic rings. The highest BCUT2D eigenvalue weighted by Gasteiger charge is 2.39. The Kier molecular flexibility index (Phi) is 10.6. The number of ether oxygens (including phenoxy) is 1. The van der Waals surface area contributed by atoms with Crippen LogP contribution in [0, 0.1) is 18.3 Å². The summed E-state index contributed by atoms with van der Waals surface area (Å²) in [5, 5.41) is 16.0. The van der Waals surface area contributed by atoms with E-state index in [9.17, 15) is 23.2 Å². The molecule has 1 atom stereocenters. The summed E-state index contributed by atoms with van der Waals surface area (Å²) in [5.74, 6) is 2.00. The van der Waals surface area contributed by atoms with Gasteiger partial charge in [-0.3, -0.25) is 9.36 Å². The third kappa shape index (κ3) is 6.88. The van der Waals surface area contributed by atoms with Crippen molar-refractivity contribution in [3.05, 3.63) is 96.1 Å². The molecule has 7 rings (SSSR count). The molecule has 4 heterocycles. The van der Waals surface area contributed by atoms with E-state index >= 15 is 0 Å². The summed E-state index contributed by atoms with van der Waals surface area (Å²) in [6.07, 6.45) is 4.11. The number of dihydropyridines is 1. The number of halogens is 4. The first-order valence-corrected chi connectivity index (χ1v) is 18.1. The molecule has 13 heteroatoms. The Hall–Kier alpha value is -3.92. The number of methoxy groups -OCH3 is 1. The fraction of sp³-hybridized carbons (Fsp3) is 0.432. The maximum atomic E-state index is 13.9. The first-order valence-electron chi connectivity index (χ1n) is 16.8. The van der Waals surface area contributed by atoms with Gasteiger partial charge in [-0.1, -0.05) is 42.8 Å². The van der Waals surface area contributed by atoms with Crippen LogP contribution < -0.4 is 15.8 Å². The summed E-state index contributed by atoms with van der Waals surface area (Å²) < 4.78 is 48.5. The fourth-order valence-electron chi connectivity index (χ4n) is 6.95. The van der Waals surface area contributed by atoms with Crippen LogP contribution in [0.15, 0.2) is 57.4 Å². The highest BCUT2D eigenvalue weighted by Crippen LogP contribution is 2.46. The molecule has 1 saturated carbocycles. The summed E-state index contributed by atoms with van der Waals surface area (Å²) in [5.41, 5.74) is 2.09. The normalized spacial score (nSPS) is 19.3. The number of alkyl halides is 3. The SMILES string of the molecule is CCCn1c(C)nc2cc(C(F)(F)F)c(N3CCN(C)CC3)c(C#N)c2c1=O.COC1=CSC2=C(c3cc(Cl)ccc3C3CCC3)C=CNC12. The quantitative estimate of drug-likeness (QED) is 0.276. The molecule has 2 fully saturated rings. The van der Waals surface area contributed by atoms with Crippen molar-refractivity contribution >= 4 is 45.5 Å². The van der Waals surface area contributed by atoms with Gasteiger partial charge in [0.1, 0.15) is 23.7 Å². The van der Waals surface area contributed by atoms with Gasteiger partial charge >= 0.3 is 6.18 Å². The van der Waals surface area contributed by atoms with Gasteiger partial charge in [-0.15, -0.1) is 0 Å². The molecule has 1 aromatic heterocycles. The summed E-state index contributed by atoms with van der Waals surface area (Å²) in [6, 6.07) is 9.29. The monoisotopic (exact) mass is 724 g/mol. The molecule has 0 bridgehead atoms. The van der Waals surface area contributed by atoms with Crippen molar-refractivity contribution in [3.8, 4) is 6.07 Å². The Morgan fingerprint density at radius 3 is 2.54 bits per heavy atom. The van der Waals surface area contributed by atoms with Crippen LogP contribution in [0.1, 0.15) is 66.6 Å². The summed E-state index contributed by atoms with van der Waals surface area (Å²) in [4.78, 5) is 22.1. The van der Waals surface area contributed by atoms with Crippen LogP contribution in [0.5, 0.6) is 0 Å². The molecular weight excluding hydrogens is 685 g/mol. The number of benzene rings is 2. The second-order valence-electron chi connectivity index (χ2n) is 13.0.